The molecular weight excluding hydrogens is 577 g/mol. The van der Waals surface area contributed by atoms with E-state index in [2.05, 4.69) is 25.2 Å². The molecule has 3 rings (SSSR count). The molecule has 0 fully saturated rings. The largest absolute Gasteiger partial charge is 0.573 e. The van der Waals surface area contributed by atoms with Crippen LogP contribution in [0.5, 0.6) is 5.75 Å². The van der Waals surface area contributed by atoms with Crippen LogP contribution < -0.4 is 25.9 Å². The van der Waals surface area contributed by atoms with Crippen LogP contribution in [0.15, 0.2) is 60.8 Å². The average Bonchev–Trinajstić information content (AvgIpc) is 2.95. The van der Waals surface area contributed by atoms with E-state index in [4.69, 9.17) is 17.5 Å². The number of hydrogen-bond donors (Lipinski definition) is 4. The molecule has 0 radical (unpaired) electrons. The third kappa shape index (κ3) is 9.86. The number of fused-ring (bicyclic) bond motifs is 1. The van der Waals surface area contributed by atoms with E-state index in [1.165, 1.54) is 18.3 Å². The minimum atomic E-state index is -4.85. The maximum absolute atomic E-state index is 13.4. The molecule has 5 N–H and O–H groups in total. The standard InChI is InChI=1S/C28H32ClF3N6O4/c1-2-38(14-13-33)25(39)12-11-23(37-29)26(40)36-24(15-18-7-9-21(10-8-18)42-28(30,31)32)27(41)35-20-16-19-5-3-4-6-22(19)34-17-20/h3-10,16-17,23-24,37H,2,11-15,33H2,1H3,(H,35,41)(H,36,40). The van der Waals surface area contributed by atoms with Crippen LogP contribution in [-0.2, 0) is 20.8 Å². The number of nitrogens with two attached hydrogens (primary N) is 1. The first-order valence-electron chi connectivity index (χ1n) is 13.2. The van der Waals surface area contributed by atoms with Crippen LogP contribution in [0.4, 0.5) is 18.9 Å². The van der Waals surface area contributed by atoms with Crippen LogP contribution in [0.2, 0.25) is 0 Å². The van der Waals surface area contributed by atoms with Crippen LogP contribution in [0.25, 0.3) is 10.9 Å². The lowest BCUT2D eigenvalue weighted by Gasteiger charge is -2.23. The highest BCUT2D eigenvalue weighted by Crippen LogP contribution is 2.23. The normalized spacial score (nSPS) is 12.8. The van der Waals surface area contributed by atoms with Crippen LogP contribution in [0, 0.1) is 0 Å². The van der Waals surface area contributed by atoms with Gasteiger partial charge in [0.25, 0.3) is 0 Å². The summed E-state index contributed by atoms with van der Waals surface area (Å²) in [5.74, 6) is -1.87. The Labute approximate surface area is 245 Å². The van der Waals surface area contributed by atoms with E-state index in [9.17, 15) is 27.6 Å². The fourth-order valence-corrected chi connectivity index (χ4v) is 4.40. The van der Waals surface area contributed by atoms with Crippen molar-refractivity contribution < 1.29 is 32.3 Å². The number of para-hydroxylation sites is 1. The molecule has 3 amide bonds. The summed E-state index contributed by atoms with van der Waals surface area (Å²) in [6.07, 6.45) is -3.40. The van der Waals surface area contributed by atoms with E-state index >= 15 is 0 Å². The molecule has 10 nitrogen and oxygen atoms in total. The van der Waals surface area contributed by atoms with Crippen LogP contribution >= 0.6 is 11.8 Å². The molecule has 226 valence electrons. The third-order valence-corrected chi connectivity index (χ3v) is 6.58. The SMILES string of the molecule is CCN(CCN)C(=O)CCC(NCl)C(=O)NC(Cc1ccc(OC(F)(F)F)cc1)C(=O)Nc1cnc2ccccc2c1. The van der Waals surface area contributed by atoms with E-state index in [0.29, 0.717) is 30.9 Å². The van der Waals surface area contributed by atoms with Gasteiger partial charge in [-0.2, -0.15) is 0 Å². The smallest absolute Gasteiger partial charge is 0.406 e. The number of carbonyl (C=O) groups is 3. The van der Waals surface area contributed by atoms with E-state index < -0.39 is 36.0 Å². The fourth-order valence-electron chi connectivity index (χ4n) is 4.19. The maximum Gasteiger partial charge on any atom is 0.573 e. The Morgan fingerprint density at radius 1 is 1.07 bits per heavy atom. The first-order valence-corrected chi connectivity index (χ1v) is 13.6. The van der Waals surface area contributed by atoms with Crippen molar-refractivity contribution in [3.63, 3.8) is 0 Å². The van der Waals surface area contributed by atoms with Gasteiger partial charge in [-0.25, -0.2) is 4.84 Å². The Morgan fingerprint density at radius 2 is 1.79 bits per heavy atom. The second kappa shape index (κ2) is 15.3. The van der Waals surface area contributed by atoms with E-state index in [1.807, 2.05) is 31.2 Å². The Morgan fingerprint density at radius 3 is 2.43 bits per heavy atom. The number of halogens is 4. The zero-order chi connectivity index (χ0) is 30.7. The Kier molecular flexibility index (Phi) is 11.9. The van der Waals surface area contributed by atoms with Crippen molar-refractivity contribution in [1.29, 1.82) is 0 Å². The number of hydrogen-bond acceptors (Lipinski definition) is 7. The Hall–Kier alpha value is -3.94. The molecule has 0 saturated carbocycles. The van der Waals surface area contributed by atoms with Crippen LogP contribution in [0.3, 0.4) is 0 Å². The Balaban J connectivity index is 1.76. The topological polar surface area (TPSA) is 139 Å². The van der Waals surface area contributed by atoms with Gasteiger partial charge < -0.3 is 26.0 Å². The molecule has 42 heavy (non-hydrogen) atoms. The van der Waals surface area contributed by atoms with Gasteiger partial charge >= 0.3 is 6.36 Å². The molecule has 2 atom stereocenters. The molecular formula is C28H32ClF3N6O4. The number of ether oxygens (including phenoxy) is 1. The maximum atomic E-state index is 13.4. The van der Waals surface area contributed by atoms with Crippen LogP contribution in [0.1, 0.15) is 25.3 Å². The second-order valence-electron chi connectivity index (χ2n) is 9.33. The van der Waals surface area contributed by atoms with Crippen molar-refractivity contribution in [3.05, 3.63) is 66.4 Å². The molecule has 1 heterocycles. The van der Waals surface area contributed by atoms with Gasteiger partial charge in [0.1, 0.15) is 17.8 Å². The van der Waals surface area contributed by atoms with Crippen molar-refractivity contribution in [1.82, 2.24) is 20.0 Å². The summed E-state index contributed by atoms with van der Waals surface area (Å²) in [5.41, 5.74) is 7.10. The number of pyridine rings is 1. The highest BCUT2D eigenvalue weighted by molar-refractivity contribution is 6.15. The number of aromatic nitrogens is 1. The summed E-state index contributed by atoms with van der Waals surface area (Å²) in [6.45, 7) is 2.94. The third-order valence-electron chi connectivity index (χ3n) is 6.32. The van der Waals surface area contributed by atoms with Gasteiger partial charge in [-0.15, -0.1) is 13.2 Å². The number of alkyl halides is 3. The predicted octanol–water partition coefficient (Wildman–Crippen LogP) is 3.50. The highest BCUT2D eigenvalue weighted by Gasteiger charge is 2.31. The Bertz CT molecular complexity index is 1360. The summed E-state index contributed by atoms with van der Waals surface area (Å²) in [4.78, 5) is 47.3. The average molecular weight is 609 g/mol. The second-order valence-corrected chi connectivity index (χ2v) is 9.54. The van der Waals surface area contributed by atoms with Crippen molar-refractivity contribution in [3.8, 4) is 5.75 Å². The molecule has 0 bridgehead atoms. The van der Waals surface area contributed by atoms with Gasteiger partial charge in [-0.3, -0.25) is 19.4 Å². The summed E-state index contributed by atoms with van der Waals surface area (Å²) >= 11 is 5.83. The number of rotatable bonds is 14. The predicted molar refractivity (Wildman–Crippen MR) is 152 cm³/mol. The molecule has 0 spiro atoms. The first kappa shape index (κ1) is 32.6. The minimum absolute atomic E-state index is 0.00589. The monoisotopic (exact) mass is 608 g/mol. The molecule has 1 aromatic heterocycles. The van der Waals surface area contributed by atoms with Crippen molar-refractivity contribution >= 4 is 46.1 Å². The highest BCUT2D eigenvalue weighted by atomic mass is 35.5. The molecule has 3 aromatic rings. The molecule has 2 aromatic carbocycles. The van der Waals surface area contributed by atoms with Gasteiger partial charge in [0.15, 0.2) is 0 Å². The van der Waals surface area contributed by atoms with Gasteiger partial charge in [0, 0.05) is 37.9 Å². The lowest BCUT2D eigenvalue weighted by molar-refractivity contribution is -0.274. The zero-order valence-corrected chi connectivity index (χ0v) is 23.5. The van der Waals surface area contributed by atoms with Crippen molar-refractivity contribution in [2.75, 3.05) is 25.0 Å². The number of nitrogens with zero attached hydrogens (tertiary/aromatic N) is 2. The summed E-state index contributed by atoms with van der Waals surface area (Å²) in [6, 6.07) is 11.8. The first-order chi connectivity index (χ1) is 20.0. The molecule has 0 aliphatic heterocycles. The minimum Gasteiger partial charge on any atom is -0.406 e. The molecule has 0 aliphatic rings. The number of benzene rings is 2. The van der Waals surface area contributed by atoms with Gasteiger partial charge in [-0.05, 0) is 55.0 Å². The number of carbonyl (C=O) groups excluding carboxylic acids is 3. The summed E-state index contributed by atoms with van der Waals surface area (Å²) in [5, 5.41) is 6.16. The lowest BCUT2D eigenvalue weighted by Crippen LogP contribution is -2.51. The van der Waals surface area contributed by atoms with Gasteiger partial charge in [-0.1, -0.05) is 30.3 Å². The van der Waals surface area contributed by atoms with Crippen molar-refractivity contribution in [2.45, 2.75) is 44.6 Å². The number of anilines is 1. The van der Waals surface area contributed by atoms with E-state index in [-0.39, 0.29) is 25.2 Å². The summed E-state index contributed by atoms with van der Waals surface area (Å²) in [7, 11) is 0. The zero-order valence-electron chi connectivity index (χ0n) is 22.8. The van der Waals surface area contributed by atoms with E-state index in [0.717, 1.165) is 23.0 Å². The summed E-state index contributed by atoms with van der Waals surface area (Å²) < 4.78 is 41.6. The van der Waals surface area contributed by atoms with Gasteiger partial charge in [0.05, 0.1) is 17.4 Å². The van der Waals surface area contributed by atoms with Crippen LogP contribution in [-0.4, -0.2) is 65.7 Å². The van der Waals surface area contributed by atoms with E-state index in [1.54, 1.807) is 11.0 Å². The molecule has 14 heteroatoms. The quantitative estimate of drug-likeness (QED) is 0.206. The molecule has 0 aliphatic carbocycles. The van der Waals surface area contributed by atoms with Gasteiger partial charge in [0.2, 0.25) is 17.7 Å². The number of amides is 3. The molecule has 0 saturated heterocycles. The number of nitrogens with one attached hydrogen (secondary N) is 3. The number of likely N-dealkylation sites (N-methyl/N-ethyl adjacent to an activating group) is 1. The molecule has 2 unspecified atom stereocenters. The van der Waals surface area contributed by atoms with Crippen molar-refractivity contribution in [2.24, 2.45) is 5.73 Å². The fraction of sp³-hybridized carbons (Fsp3) is 0.357. The lowest BCUT2D eigenvalue weighted by atomic mass is 10.0.